The van der Waals surface area contributed by atoms with Gasteiger partial charge in [0.15, 0.2) is 5.82 Å². The summed E-state index contributed by atoms with van der Waals surface area (Å²) in [5.41, 5.74) is 5.80. The van der Waals surface area contributed by atoms with Crippen LogP contribution >= 0.6 is 11.3 Å². The lowest BCUT2D eigenvalue weighted by molar-refractivity contribution is 0.675. The number of thiophene rings is 1. The van der Waals surface area contributed by atoms with Crippen LogP contribution in [0.2, 0.25) is 0 Å². The molecule has 0 aliphatic carbocycles. The zero-order valence-corrected chi connectivity index (χ0v) is 20.6. The maximum Gasteiger partial charge on any atom is 0.175 e. The van der Waals surface area contributed by atoms with E-state index in [-0.39, 0.29) is 0 Å². The number of unbranched alkanes of at least 4 members (excludes halogenated alkanes) is 1. The second-order valence-corrected chi connectivity index (χ2v) is 9.56. The van der Waals surface area contributed by atoms with Gasteiger partial charge < -0.3 is 4.57 Å². The zero-order valence-electron chi connectivity index (χ0n) is 19.8. The van der Waals surface area contributed by atoms with Crippen LogP contribution in [-0.4, -0.2) is 30.2 Å². The molecule has 5 rings (SSSR count). The summed E-state index contributed by atoms with van der Waals surface area (Å²) >= 11 is 1.74. The van der Waals surface area contributed by atoms with Crippen LogP contribution in [0.25, 0.3) is 22.8 Å². The van der Waals surface area contributed by atoms with Crippen LogP contribution in [-0.2, 0) is 19.4 Å². The number of benzene rings is 2. The predicted octanol–water partition coefficient (Wildman–Crippen LogP) is 6.30. The average molecular weight is 481 g/mol. The molecule has 0 unspecified atom stereocenters. The number of hydrogen-bond acceptors (Lipinski definition) is 5. The van der Waals surface area contributed by atoms with Gasteiger partial charge in [-0.1, -0.05) is 74.0 Å². The van der Waals surface area contributed by atoms with E-state index in [2.05, 4.69) is 104 Å². The summed E-state index contributed by atoms with van der Waals surface area (Å²) in [7, 11) is 0. The minimum absolute atomic E-state index is 0.688. The van der Waals surface area contributed by atoms with Crippen LogP contribution in [0.1, 0.15) is 47.5 Å². The van der Waals surface area contributed by atoms with Gasteiger partial charge in [-0.2, -0.15) is 0 Å². The molecule has 0 radical (unpaired) electrons. The van der Waals surface area contributed by atoms with E-state index in [0.717, 1.165) is 49.3 Å². The van der Waals surface area contributed by atoms with E-state index in [1.807, 2.05) is 12.3 Å². The largest absolute Gasteiger partial charge is 0.324 e. The lowest BCUT2D eigenvalue weighted by Crippen LogP contribution is -2.08. The van der Waals surface area contributed by atoms with E-state index in [1.54, 1.807) is 11.3 Å². The second-order valence-electron chi connectivity index (χ2n) is 8.53. The lowest BCUT2D eigenvalue weighted by atomic mass is 10.0. The van der Waals surface area contributed by atoms with Gasteiger partial charge in [-0.3, -0.25) is 0 Å². The average Bonchev–Trinajstić information content (AvgIpc) is 3.67. The molecule has 0 aliphatic rings. The number of nitrogens with one attached hydrogen (secondary N) is 1. The predicted molar refractivity (Wildman–Crippen MR) is 142 cm³/mol. The molecule has 3 heterocycles. The van der Waals surface area contributed by atoms with Crippen molar-refractivity contribution >= 4 is 23.0 Å². The van der Waals surface area contributed by atoms with Crippen LogP contribution in [0.15, 0.2) is 78.3 Å². The number of nitrogens with zero attached hydrogens (tertiary/aromatic N) is 5. The van der Waals surface area contributed by atoms with Gasteiger partial charge in [0, 0.05) is 29.8 Å². The molecule has 0 fully saturated rings. The molecular weight excluding hydrogens is 452 g/mol. The lowest BCUT2D eigenvalue weighted by Gasteiger charge is -2.12. The van der Waals surface area contributed by atoms with Crippen molar-refractivity contribution in [3.05, 3.63) is 106 Å². The van der Waals surface area contributed by atoms with Crippen LogP contribution in [0.3, 0.4) is 0 Å². The van der Waals surface area contributed by atoms with Crippen LogP contribution in [0, 0.1) is 0 Å². The molecule has 0 atom stereocenters. The fourth-order valence-corrected chi connectivity index (χ4v) is 4.88. The molecule has 6 nitrogen and oxygen atoms in total. The van der Waals surface area contributed by atoms with E-state index in [0.29, 0.717) is 5.82 Å². The fourth-order valence-electron chi connectivity index (χ4n) is 4.15. The first-order valence-corrected chi connectivity index (χ1v) is 12.8. The summed E-state index contributed by atoms with van der Waals surface area (Å²) in [6.45, 7) is 2.98. The SMILES string of the molecule is CCCCc1ncc(C=C(Cc2cccs2)c2nnn[nH]2)n1Cc1ccc(-c2ccccc2)cc1. The summed E-state index contributed by atoms with van der Waals surface area (Å²) in [6, 6.07) is 23.5. The normalized spacial score (nSPS) is 11.7. The molecule has 176 valence electrons. The topological polar surface area (TPSA) is 72.3 Å². The van der Waals surface area contributed by atoms with Gasteiger partial charge in [-0.25, -0.2) is 10.1 Å². The second kappa shape index (κ2) is 11.1. The van der Waals surface area contributed by atoms with Crippen molar-refractivity contribution in [2.45, 2.75) is 39.2 Å². The molecule has 0 spiro atoms. The van der Waals surface area contributed by atoms with Crippen molar-refractivity contribution in [1.29, 1.82) is 0 Å². The molecule has 0 saturated heterocycles. The van der Waals surface area contributed by atoms with Crippen molar-refractivity contribution in [2.24, 2.45) is 0 Å². The molecule has 7 heteroatoms. The molecule has 1 N–H and O–H groups in total. The summed E-state index contributed by atoms with van der Waals surface area (Å²) in [4.78, 5) is 6.07. The summed E-state index contributed by atoms with van der Waals surface area (Å²) in [5.74, 6) is 1.80. The molecule has 5 aromatic rings. The Labute approximate surface area is 209 Å². The minimum Gasteiger partial charge on any atom is -0.324 e. The Morgan fingerprint density at radius 1 is 1.00 bits per heavy atom. The van der Waals surface area contributed by atoms with Crippen LogP contribution < -0.4 is 0 Å². The first-order chi connectivity index (χ1) is 17.3. The van der Waals surface area contributed by atoms with E-state index in [9.17, 15) is 0 Å². The van der Waals surface area contributed by atoms with Gasteiger partial charge in [0.05, 0.1) is 11.9 Å². The molecule has 0 amide bonds. The third kappa shape index (κ3) is 5.63. The van der Waals surface area contributed by atoms with Gasteiger partial charge in [-0.15, -0.1) is 16.4 Å². The number of aryl methyl sites for hydroxylation is 1. The van der Waals surface area contributed by atoms with E-state index in [1.165, 1.54) is 21.6 Å². The summed E-state index contributed by atoms with van der Waals surface area (Å²) < 4.78 is 2.32. The first-order valence-electron chi connectivity index (χ1n) is 12.0. The summed E-state index contributed by atoms with van der Waals surface area (Å²) in [5, 5.41) is 16.8. The Kier molecular flexibility index (Phi) is 7.24. The van der Waals surface area contributed by atoms with Crippen molar-refractivity contribution < 1.29 is 0 Å². The molecular formula is C28H28N6S. The number of aromatic amines is 1. The smallest absolute Gasteiger partial charge is 0.175 e. The Bertz CT molecular complexity index is 1350. The van der Waals surface area contributed by atoms with Crippen molar-refractivity contribution in [3.63, 3.8) is 0 Å². The Balaban J connectivity index is 1.47. The number of hydrogen-bond donors (Lipinski definition) is 1. The third-order valence-corrected chi connectivity index (χ3v) is 6.92. The molecule has 2 aromatic carbocycles. The van der Waals surface area contributed by atoms with E-state index in [4.69, 9.17) is 4.98 Å². The van der Waals surface area contributed by atoms with Crippen LogP contribution in [0.5, 0.6) is 0 Å². The van der Waals surface area contributed by atoms with E-state index < -0.39 is 0 Å². The molecule has 0 aliphatic heterocycles. The number of aromatic nitrogens is 6. The highest BCUT2D eigenvalue weighted by molar-refractivity contribution is 7.10. The fraction of sp³-hybridized carbons (Fsp3) is 0.214. The first kappa shape index (κ1) is 22.9. The quantitative estimate of drug-likeness (QED) is 0.255. The number of tetrazole rings is 1. The number of allylic oxidation sites excluding steroid dienone is 1. The maximum absolute atomic E-state index is 4.81. The Morgan fingerprint density at radius 3 is 2.54 bits per heavy atom. The monoisotopic (exact) mass is 480 g/mol. The highest BCUT2D eigenvalue weighted by Crippen LogP contribution is 2.25. The maximum atomic E-state index is 4.81. The third-order valence-electron chi connectivity index (χ3n) is 6.04. The highest BCUT2D eigenvalue weighted by atomic mass is 32.1. The standard InChI is InChI=1S/C28H28N6S/c1-2-3-11-27-29-19-25(17-24(28-30-32-33-31-28)18-26-10-7-16-35-26)34(27)20-21-12-14-23(15-13-21)22-8-5-4-6-9-22/h4-10,12-17,19H,2-3,11,18,20H2,1H3,(H,30,31,32,33). The van der Waals surface area contributed by atoms with Crippen molar-refractivity contribution in [2.75, 3.05) is 0 Å². The van der Waals surface area contributed by atoms with E-state index >= 15 is 0 Å². The van der Waals surface area contributed by atoms with Gasteiger partial charge in [0.1, 0.15) is 5.82 Å². The van der Waals surface area contributed by atoms with Gasteiger partial charge in [0.2, 0.25) is 0 Å². The Morgan fingerprint density at radius 2 is 1.83 bits per heavy atom. The van der Waals surface area contributed by atoms with Crippen LogP contribution in [0.4, 0.5) is 0 Å². The van der Waals surface area contributed by atoms with Crippen molar-refractivity contribution in [3.8, 4) is 11.1 Å². The number of rotatable bonds is 10. The number of H-pyrrole nitrogens is 1. The number of imidazole rings is 1. The van der Waals surface area contributed by atoms with Gasteiger partial charge in [0.25, 0.3) is 0 Å². The summed E-state index contributed by atoms with van der Waals surface area (Å²) in [6.07, 6.45) is 8.11. The molecule has 0 saturated carbocycles. The molecule has 3 aromatic heterocycles. The van der Waals surface area contributed by atoms with Gasteiger partial charge >= 0.3 is 0 Å². The van der Waals surface area contributed by atoms with Gasteiger partial charge in [-0.05, 0) is 51.1 Å². The molecule has 0 bridgehead atoms. The minimum atomic E-state index is 0.688. The highest BCUT2D eigenvalue weighted by Gasteiger charge is 2.14. The molecule has 35 heavy (non-hydrogen) atoms. The van der Waals surface area contributed by atoms with Crippen molar-refractivity contribution in [1.82, 2.24) is 30.2 Å². The zero-order chi connectivity index (χ0) is 23.9. The Hall–Kier alpha value is -3.84.